The molecule has 4 aromatic rings. The first-order valence-corrected chi connectivity index (χ1v) is 10.2. The Hall–Kier alpha value is -3.93. The average molecular weight is 521 g/mol. The molecule has 0 radical (unpaired) electrons. The lowest BCUT2D eigenvalue weighted by Crippen LogP contribution is -2.08. The van der Waals surface area contributed by atoms with Crippen molar-refractivity contribution < 1.29 is 19.8 Å². The zero-order chi connectivity index (χ0) is 24.8. The van der Waals surface area contributed by atoms with Gasteiger partial charge in [-0.05, 0) is 24.3 Å². The Morgan fingerprint density at radius 1 is 0.706 bits per heavy atom. The second-order valence-corrected chi connectivity index (χ2v) is 7.25. The number of halogens is 3. The monoisotopic (exact) mass is 519 g/mol. The minimum atomic E-state index is -1.27. The molecule has 0 aromatic carbocycles. The summed E-state index contributed by atoms with van der Waals surface area (Å²) < 4.78 is 0. The number of carbonyl (C=O) groups is 2. The van der Waals surface area contributed by atoms with E-state index in [0.717, 1.165) is 0 Å². The van der Waals surface area contributed by atoms with Crippen molar-refractivity contribution in [2.45, 2.75) is 0 Å². The Kier molecular flexibility index (Phi) is 7.84. The number of nitrogens with two attached hydrogens (primary N) is 1. The van der Waals surface area contributed by atoms with E-state index in [-0.39, 0.29) is 44.1 Å². The van der Waals surface area contributed by atoms with Crippen LogP contribution in [0.3, 0.4) is 0 Å². The summed E-state index contributed by atoms with van der Waals surface area (Å²) in [6.45, 7) is 0. The van der Waals surface area contributed by atoms with Gasteiger partial charge in [-0.25, -0.2) is 29.5 Å². The van der Waals surface area contributed by atoms with E-state index >= 15 is 0 Å². The molecule has 0 aliphatic heterocycles. The van der Waals surface area contributed by atoms with Crippen LogP contribution in [0.5, 0.6) is 0 Å². The molecule has 0 atom stereocenters. The van der Waals surface area contributed by atoms with Gasteiger partial charge in [0.25, 0.3) is 0 Å². The van der Waals surface area contributed by atoms with Crippen molar-refractivity contribution in [3.05, 3.63) is 75.4 Å². The number of carboxylic acid groups (broad SMARTS) is 2. The Labute approximate surface area is 206 Å². The molecule has 14 heteroatoms. The fourth-order valence-corrected chi connectivity index (χ4v) is 2.89. The number of pyridine rings is 2. The maximum atomic E-state index is 10.9. The maximum absolute atomic E-state index is 10.9. The van der Waals surface area contributed by atoms with Gasteiger partial charge < -0.3 is 15.9 Å². The molecular formula is C20H12Cl3N7O4. The van der Waals surface area contributed by atoms with Crippen LogP contribution in [0.25, 0.3) is 23.0 Å². The van der Waals surface area contributed by atoms with Gasteiger partial charge in [0.2, 0.25) is 0 Å². The van der Waals surface area contributed by atoms with Gasteiger partial charge >= 0.3 is 11.9 Å². The topological polar surface area (TPSA) is 178 Å². The zero-order valence-electron chi connectivity index (χ0n) is 16.7. The van der Waals surface area contributed by atoms with Gasteiger partial charge in [-0.2, -0.15) is 0 Å². The van der Waals surface area contributed by atoms with Gasteiger partial charge in [-0.3, -0.25) is 9.97 Å². The summed E-state index contributed by atoms with van der Waals surface area (Å²) in [6, 6.07) is 10.2. The quantitative estimate of drug-likeness (QED) is 0.331. The van der Waals surface area contributed by atoms with E-state index in [2.05, 4.69) is 29.9 Å². The molecular weight excluding hydrogens is 509 g/mol. The molecule has 172 valence electrons. The Morgan fingerprint density at radius 3 is 1.62 bits per heavy atom. The molecule has 11 nitrogen and oxygen atoms in total. The Morgan fingerprint density at radius 2 is 1.18 bits per heavy atom. The van der Waals surface area contributed by atoms with Crippen molar-refractivity contribution in [2.75, 3.05) is 5.73 Å². The molecule has 4 aromatic heterocycles. The SMILES string of the molecule is Nc1nc(-c2ccccn2)nc(C(=O)O)c1Cl.O=C(O)c1nc(-c2ccccn2)nc(Cl)c1Cl. The molecule has 0 saturated carbocycles. The van der Waals surface area contributed by atoms with E-state index in [4.69, 9.17) is 50.7 Å². The Bertz CT molecular complexity index is 1250. The molecule has 0 aliphatic rings. The van der Waals surface area contributed by atoms with Crippen molar-refractivity contribution in [1.82, 2.24) is 29.9 Å². The summed E-state index contributed by atoms with van der Waals surface area (Å²) in [5.41, 5.74) is 5.70. The maximum Gasteiger partial charge on any atom is 0.356 e. The number of anilines is 1. The third-order valence-electron chi connectivity index (χ3n) is 3.88. The molecule has 0 amide bonds. The molecule has 0 spiro atoms. The summed E-state index contributed by atoms with van der Waals surface area (Å²) >= 11 is 17.1. The van der Waals surface area contributed by atoms with Crippen LogP contribution < -0.4 is 5.73 Å². The highest BCUT2D eigenvalue weighted by molar-refractivity contribution is 6.42. The standard InChI is InChI=1S/C10H5Cl2N3O2.C10H7ClN4O2/c2*11-6-7(10(16)17)14-9(15-8(6)12)5-3-1-2-4-13-5/h1-4H,(H,16,17);1-4H,(H,16,17)(H2,12,14,15). The van der Waals surface area contributed by atoms with Crippen LogP contribution in [0.15, 0.2) is 48.8 Å². The van der Waals surface area contributed by atoms with Gasteiger partial charge in [0.05, 0.1) is 0 Å². The molecule has 4 N–H and O–H groups in total. The van der Waals surface area contributed by atoms with Gasteiger partial charge in [0.1, 0.15) is 27.3 Å². The fraction of sp³-hybridized carbons (Fsp3) is 0. The van der Waals surface area contributed by atoms with Gasteiger partial charge in [-0.1, -0.05) is 46.9 Å². The summed E-state index contributed by atoms with van der Waals surface area (Å²) in [6.07, 6.45) is 3.09. The summed E-state index contributed by atoms with van der Waals surface area (Å²) in [7, 11) is 0. The van der Waals surface area contributed by atoms with Crippen molar-refractivity contribution in [3.8, 4) is 23.0 Å². The lowest BCUT2D eigenvalue weighted by atomic mass is 10.3. The number of aromatic carboxylic acids is 2. The van der Waals surface area contributed by atoms with E-state index in [1.54, 1.807) is 48.8 Å². The second-order valence-electron chi connectivity index (χ2n) is 6.14. The predicted molar refractivity (Wildman–Crippen MR) is 124 cm³/mol. The third kappa shape index (κ3) is 5.70. The van der Waals surface area contributed by atoms with Crippen LogP contribution in [-0.2, 0) is 0 Å². The number of carboxylic acids is 2. The number of nitrogen functional groups attached to an aromatic ring is 1. The van der Waals surface area contributed by atoms with Crippen LogP contribution in [-0.4, -0.2) is 52.1 Å². The predicted octanol–water partition coefficient (Wildman–Crippen LogP) is 4.02. The molecule has 34 heavy (non-hydrogen) atoms. The van der Waals surface area contributed by atoms with Gasteiger partial charge in [-0.15, -0.1) is 0 Å². The van der Waals surface area contributed by atoms with E-state index in [1.807, 2.05) is 0 Å². The largest absolute Gasteiger partial charge is 0.476 e. The zero-order valence-corrected chi connectivity index (χ0v) is 19.0. The lowest BCUT2D eigenvalue weighted by molar-refractivity contribution is 0.0680. The summed E-state index contributed by atoms with van der Waals surface area (Å²) in [4.78, 5) is 45.2. The third-order valence-corrected chi connectivity index (χ3v) is 4.98. The van der Waals surface area contributed by atoms with E-state index in [1.165, 1.54) is 0 Å². The van der Waals surface area contributed by atoms with Crippen molar-refractivity contribution >= 4 is 52.6 Å². The highest BCUT2D eigenvalue weighted by Crippen LogP contribution is 2.26. The van der Waals surface area contributed by atoms with Crippen LogP contribution in [0.4, 0.5) is 5.82 Å². The molecule has 4 rings (SSSR count). The van der Waals surface area contributed by atoms with Crippen molar-refractivity contribution in [1.29, 1.82) is 0 Å². The molecule has 0 unspecified atom stereocenters. The number of hydrogen-bond donors (Lipinski definition) is 3. The number of hydrogen-bond acceptors (Lipinski definition) is 9. The number of nitrogens with zero attached hydrogens (tertiary/aromatic N) is 6. The van der Waals surface area contributed by atoms with Crippen molar-refractivity contribution in [2.24, 2.45) is 0 Å². The lowest BCUT2D eigenvalue weighted by Gasteiger charge is -2.04. The van der Waals surface area contributed by atoms with Crippen LogP contribution >= 0.6 is 34.8 Å². The van der Waals surface area contributed by atoms with Crippen LogP contribution in [0, 0.1) is 0 Å². The minimum absolute atomic E-state index is 0.0836. The smallest absolute Gasteiger partial charge is 0.356 e. The second kappa shape index (κ2) is 10.8. The molecule has 0 bridgehead atoms. The molecule has 0 fully saturated rings. The fourth-order valence-electron chi connectivity index (χ4n) is 2.39. The summed E-state index contributed by atoms with van der Waals surface area (Å²) in [5.74, 6) is -2.36. The first kappa shape index (κ1) is 24.7. The van der Waals surface area contributed by atoms with Crippen molar-refractivity contribution in [3.63, 3.8) is 0 Å². The summed E-state index contributed by atoms with van der Waals surface area (Å²) in [5, 5.41) is 17.4. The van der Waals surface area contributed by atoms with E-state index in [9.17, 15) is 9.59 Å². The highest BCUT2D eigenvalue weighted by atomic mass is 35.5. The normalized spacial score (nSPS) is 10.2. The van der Waals surface area contributed by atoms with Crippen LogP contribution in [0.2, 0.25) is 15.2 Å². The number of aromatic nitrogens is 6. The highest BCUT2D eigenvalue weighted by Gasteiger charge is 2.19. The first-order chi connectivity index (χ1) is 16.2. The molecule has 0 aliphatic carbocycles. The van der Waals surface area contributed by atoms with E-state index in [0.29, 0.717) is 11.4 Å². The Balaban J connectivity index is 0.000000191. The molecule has 0 saturated heterocycles. The van der Waals surface area contributed by atoms with Gasteiger partial charge in [0, 0.05) is 12.4 Å². The first-order valence-electron chi connectivity index (χ1n) is 9.04. The number of rotatable bonds is 4. The van der Waals surface area contributed by atoms with Gasteiger partial charge in [0.15, 0.2) is 28.2 Å². The average Bonchev–Trinajstić information content (AvgIpc) is 2.83. The molecule has 4 heterocycles. The minimum Gasteiger partial charge on any atom is -0.476 e. The van der Waals surface area contributed by atoms with Crippen LogP contribution in [0.1, 0.15) is 21.0 Å². The van der Waals surface area contributed by atoms with E-state index < -0.39 is 11.9 Å².